The highest BCUT2D eigenvalue weighted by Crippen LogP contribution is 2.02. The van der Waals surface area contributed by atoms with Crippen molar-refractivity contribution in [3.63, 3.8) is 0 Å². The number of aryl methyl sites for hydroxylation is 3. The van der Waals surface area contributed by atoms with Crippen LogP contribution >= 0.6 is 0 Å². The van der Waals surface area contributed by atoms with Gasteiger partial charge in [0.1, 0.15) is 0 Å². The summed E-state index contributed by atoms with van der Waals surface area (Å²) in [6.07, 6.45) is 8.78. The summed E-state index contributed by atoms with van der Waals surface area (Å²) in [6, 6.07) is 4.22. The standard InChI is InChI=1S/C10H13N3/c1-12-6-2-3-10(12)4-7-13-8-5-11-9-13/h2-3,5-6,8-9H,4,7H2,1H3. The molecule has 3 heteroatoms. The van der Waals surface area contributed by atoms with Crippen molar-refractivity contribution in [2.75, 3.05) is 0 Å². The van der Waals surface area contributed by atoms with E-state index in [0.29, 0.717) is 0 Å². The molecule has 3 nitrogen and oxygen atoms in total. The van der Waals surface area contributed by atoms with Crippen molar-refractivity contribution in [3.05, 3.63) is 42.7 Å². The highest BCUT2D eigenvalue weighted by atomic mass is 15.0. The fraction of sp³-hybridized carbons (Fsp3) is 0.300. The molecule has 0 saturated heterocycles. The molecule has 2 rings (SSSR count). The minimum absolute atomic E-state index is 0.998. The Balaban J connectivity index is 1.97. The van der Waals surface area contributed by atoms with Gasteiger partial charge in [0.25, 0.3) is 0 Å². The summed E-state index contributed by atoms with van der Waals surface area (Å²) in [6.45, 7) is 0.998. The van der Waals surface area contributed by atoms with E-state index in [9.17, 15) is 0 Å². The van der Waals surface area contributed by atoms with Crippen LogP contribution in [-0.4, -0.2) is 14.1 Å². The zero-order valence-electron chi connectivity index (χ0n) is 7.72. The Hall–Kier alpha value is -1.51. The summed E-state index contributed by atoms with van der Waals surface area (Å²) in [5.74, 6) is 0. The van der Waals surface area contributed by atoms with Crippen LogP contribution < -0.4 is 0 Å². The maximum atomic E-state index is 4.00. The van der Waals surface area contributed by atoms with Crippen LogP contribution in [0.5, 0.6) is 0 Å². The molecule has 0 N–H and O–H groups in total. The highest BCUT2D eigenvalue weighted by molar-refractivity contribution is 5.06. The number of hydrogen-bond acceptors (Lipinski definition) is 1. The Bertz CT molecular complexity index is 359. The summed E-state index contributed by atoms with van der Waals surface area (Å²) < 4.78 is 4.24. The van der Waals surface area contributed by atoms with Crippen LogP contribution in [0.3, 0.4) is 0 Å². The Morgan fingerprint density at radius 2 is 2.31 bits per heavy atom. The van der Waals surface area contributed by atoms with Gasteiger partial charge < -0.3 is 9.13 Å². The third kappa shape index (κ3) is 1.80. The maximum Gasteiger partial charge on any atom is 0.0946 e. The van der Waals surface area contributed by atoms with Crippen LogP contribution in [0.25, 0.3) is 0 Å². The van der Waals surface area contributed by atoms with E-state index in [-0.39, 0.29) is 0 Å². The van der Waals surface area contributed by atoms with Gasteiger partial charge in [-0.05, 0) is 12.1 Å². The van der Waals surface area contributed by atoms with Gasteiger partial charge in [-0.15, -0.1) is 0 Å². The van der Waals surface area contributed by atoms with Gasteiger partial charge in [0.15, 0.2) is 0 Å². The largest absolute Gasteiger partial charge is 0.354 e. The summed E-state index contributed by atoms with van der Waals surface area (Å²) in [5, 5.41) is 0. The fourth-order valence-corrected chi connectivity index (χ4v) is 1.42. The molecule has 0 aromatic carbocycles. The number of imidazole rings is 1. The van der Waals surface area contributed by atoms with Crippen LogP contribution in [0, 0.1) is 0 Å². The minimum atomic E-state index is 0.998. The SMILES string of the molecule is Cn1cccc1CCn1ccnc1. The zero-order valence-corrected chi connectivity index (χ0v) is 7.72. The van der Waals surface area contributed by atoms with Crippen molar-refractivity contribution in [2.24, 2.45) is 7.05 Å². The third-order valence-corrected chi connectivity index (χ3v) is 2.24. The molecular formula is C10H13N3. The van der Waals surface area contributed by atoms with Gasteiger partial charge in [-0.3, -0.25) is 0 Å². The molecule has 68 valence electrons. The first-order valence-corrected chi connectivity index (χ1v) is 4.42. The van der Waals surface area contributed by atoms with Crippen LogP contribution in [0.1, 0.15) is 5.69 Å². The van der Waals surface area contributed by atoms with Gasteiger partial charge in [0.2, 0.25) is 0 Å². The second-order valence-electron chi connectivity index (χ2n) is 3.16. The molecule has 0 fully saturated rings. The van der Waals surface area contributed by atoms with E-state index in [1.807, 2.05) is 18.7 Å². The quantitative estimate of drug-likeness (QED) is 0.692. The third-order valence-electron chi connectivity index (χ3n) is 2.24. The first-order valence-electron chi connectivity index (χ1n) is 4.42. The molecule has 0 atom stereocenters. The lowest BCUT2D eigenvalue weighted by molar-refractivity contribution is 0.664. The topological polar surface area (TPSA) is 22.8 Å². The van der Waals surface area contributed by atoms with Crippen molar-refractivity contribution in [2.45, 2.75) is 13.0 Å². The Morgan fingerprint density at radius 3 is 2.92 bits per heavy atom. The van der Waals surface area contributed by atoms with Gasteiger partial charge in [0.05, 0.1) is 6.33 Å². The molecule has 0 aliphatic rings. The second kappa shape index (κ2) is 3.47. The van der Waals surface area contributed by atoms with Gasteiger partial charge >= 0.3 is 0 Å². The van der Waals surface area contributed by atoms with Crippen molar-refractivity contribution in [1.82, 2.24) is 14.1 Å². The lowest BCUT2D eigenvalue weighted by Gasteiger charge is -2.03. The average molecular weight is 175 g/mol. The second-order valence-corrected chi connectivity index (χ2v) is 3.16. The van der Waals surface area contributed by atoms with Crippen LogP contribution in [0.4, 0.5) is 0 Å². The molecule has 0 aliphatic heterocycles. The highest BCUT2D eigenvalue weighted by Gasteiger charge is 1.96. The van der Waals surface area contributed by atoms with Gasteiger partial charge in [-0.1, -0.05) is 0 Å². The smallest absolute Gasteiger partial charge is 0.0946 e. The molecular weight excluding hydrogens is 162 g/mol. The monoisotopic (exact) mass is 175 g/mol. The summed E-state index contributed by atoms with van der Waals surface area (Å²) in [7, 11) is 2.07. The summed E-state index contributed by atoms with van der Waals surface area (Å²) >= 11 is 0. The molecule has 2 heterocycles. The molecule has 2 aromatic rings. The van der Waals surface area contributed by atoms with Crippen LogP contribution in [0.15, 0.2) is 37.1 Å². The first kappa shape index (κ1) is 8.10. The molecule has 0 aliphatic carbocycles. The van der Waals surface area contributed by atoms with Crippen molar-refractivity contribution in [1.29, 1.82) is 0 Å². The molecule has 0 bridgehead atoms. The average Bonchev–Trinajstić information content (AvgIpc) is 2.72. The summed E-state index contributed by atoms with van der Waals surface area (Å²) in [5.41, 5.74) is 1.36. The van der Waals surface area contributed by atoms with E-state index in [4.69, 9.17) is 0 Å². The molecule has 2 aromatic heterocycles. The lowest BCUT2D eigenvalue weighted by Crippen LogP contribution is -2.02. The fourth-order valence-electron chi connectivity index (χ4n) is 1.42. The molecule has 0 amide bonds. The predicted molar refractivity (Wildman–Crippen MR) is 51.3 cm³/mol. The molecule has 0 spiro atoms. The van der Waals surface area contributed by atoms with Gasteiger partial charge in [-0.2, -0.15) is 0 Å². The van der Waals surface area contributed by atoms with E-state index >= 15 is 0 Å². The number of rotatable bonds is 3. The van der Waals surface area contributed by atoms with Crippen molar-refractivity contribution < 1.29 is 0 Å². The maximum absolute atomic E-state index is 4.00. The molecule has 0 unspecified atom stereocenters. The molecule has 0 radical (unpaired) electrons. The van der Waals surface area contributed by atoms with E-state index < -0.39 is 0 Å². The number of nitrogens with zero attached hydrogens (tertiary/aromatic N) is 3. The number of aromatic nitrogens is 3. The molecule has 0 saturated carbocycles. The van der Waals surface area contributed by atoms with E-state index in [0.717, 1.165) is 13.0 Å². The Labute approximate surface area is 77.6 Å². The van der Waals surface area contributed by atoms with Gasteiger partial charge in [-0.25, -0.2) is 4.98 Å². The van der Waals surface area contributed by atoms with E-state index in [1.165, 1.54) is 5.69 Å². The summed E-state index contributed by atoms with van der Waals surface area (Å²) in [4.78, 5) is 4.00. The van der Waals surface area contributed by atoms with Gasteiger partial charge in [0, 0.05) is 44.3 Å². The van der Waals surface area contributed by atoms with E-state index in [2.05, 4.69) is 39.5 Å². The van der Waals surface area contributed by atoms with E-state index in [1.54, 1.807) is 0 Å². The first-order chi connectivity index (χ1) is 6.36. The predicted octanol–water partition coefficient (Wildman–Crippen LogP) is 1.46. The Kier molecular flexibility index (Phi) is 2.17. The van der Waals surface area contributed by atoms with Crippen LogP contribution in [-0.2, 0) is 20.0 Å². The lowest BCUT2D eigenvalue weighted by atomic mass is 10.3. The minimum Gasteiger partial charge on any atom is -0.354 e. The normalized spacial score (nSPS) is 10.5. The van der Waals surface area contributed by atoms with Crippen molar-refractivity contribution >= 4 is 0 Å². The Morgan fingerprint density at radius 1 is 1.38 bits per heavy atom. The number of hydrogen-bond donors (Lipinski definition) is 0. The van der Waals surface area contributed by atoms with Crippen LogP contribution in [0.2, 0.25) is 0 Å². The molecule has 13 heavy (non-hydrogen) atoms. The van der Waals surface area contributed by atoms with Crippen molar-refractivity contribution in [3.8, 4) is 0 Å². The zero-order chi connectivity index (χ0) is 9.10.